The van der Waals surface area contributed by atoms with Gasteiger partial charge in [0.25, 0.3) is 0 Å². The zero-order chi connectivity index (χ0) is 20.1. The molecule has 2 aliphatic heterocycles. The Hall–Kier alpha value is -2.18. The van der Waals surface area contributed by atoms with Crippen molar-refractivity contribution in [3.63, 3.8) is 0 Å². The Morgan fingerprint density at radius 3 is 2.72 bits per heavy atom. The summed E-state index contributed by atoms with van der Waals surface area (Å²) < 4.78 is 0. The summed E-state index contributed by atoms with van der Waals surface area (Å²) >= 11 is 5.95. The van der Waals surface area contributed by atoms with E-state index in [1.807, 2.05) is 24.3 Å². The van der Waals surface area contributed by atoms with Gasteiger partial charge in [0.2, 0.25) is 5.91 Å². The van der Waals surface area contributed by atoms with Gasteiger partial charge >= 0.3 is 0 Å². The maximum atomic E-state index is 12.7. The van der Waals surface area contributed by atoms with Gasteiger partial charge in [-0.3, -0.25) is 14.7 Å². The highest BCUT2D eigenvalue weighted by Gasteiger charge is 2.31. The van der Waals surface area contributed by atoms with Crippen molar-refractivity contribution in [2.45, 2.75) is 38.3 Å². The molecule has 0 spiro atoms. The van der Waals surface area contributed by atoms with Crippen molar-refractivity contribution in [2.24, 2.45) is 5.92 Å². The molecule has 154 valence electrons. The second kappa shape index (κ2) is 9.55. The van der Waals surface area contributed by atoms with Crippen molar-refractivity contribution >= 4 is 23.3 Å². The van der Waals surface area contributed by atoms with E-state index in [9.17, 15) is 4.79 Å². The van der Waals surface area contributed by atoms with Crippen LogP contribution in [0.25, 0.3) is 0 Å². The van der Waals surface area contributed by atoms with Gasteiger partial charge in [0.05, 0.1) is 10.9 Å². The number of hydrogen-bond acceptors (Lipinski definition) is 5. The Bertz CT molecular complexity index is 793. The van der Waals surface area contributed by atoms with E-state index >= 15 is 0 Å². The minimum Gasteiger partial charge on any atom is -0.357 e. The van der Waals surface area contributed by atoms with Crippen LogP contribution in [-0.4, -0.2) is 53.0 Å². The number of halogens is 1. The van der Waals surface area contributed by atoms with Crippen LogP contribution in [-0.2, 0) is 11.3 Å². The van der Waals surface area contributed by atoms with Crippen LogP contribution < -0.4 is 10.2 Å². The van der Waals surface area contributed by atoms with Crippen molar-refractivity contribution in [3.05, 3.63) is 53.4 Å². The number of nitrogens with one attached hydrogen (secondary N) is 1. The molecule has 0 saturated carbocycles. The molecule has 2 aliphatic rings. The number of anilines is 1. The molecule has 2 saturated heterocycles. The average molecular weight is 414 g/mol. The third kappa shape index (κ3) is 5.25. The van der Waals surface area contributed by atoms with E-state index < -0.39 is 0 Å². The lowest BCUT2D eigenvalue weighted by Crippen LogP contribution is -2.50. The number of hydrogen-bond donors (Lipinski definition) is 1. The standard InChI is InChI=1S/C22H28ClN5O/c23-19-5-6-21(25-15-19)27-11-7-20(8-12-27)28-10-2-4-18(16-28)22(29)26-14-17-3-1-9-24-13-17/h1,3,5-6,9,13,15,18,20H,2,4,7-8,10-12,14,16H2,(H,26,29). The molecule has 1 N–H and O–H groups in total. The maximum Gasteiger partial charge on any atom is 0.224 e. The molecule has 29 heavy (non-hydrogen) atoms. The van der Waals surface area contributed by atoms with E-state index in [2.05, 4.69) is 25.1 Å². The van der Waals surface area contributed by atoms with Crippen LogP contribution in [0, 0.1) is 5.92 Å². The van der Waals surface area contributed by atoms with Gasteiger partial charge in [-0.15, -0.1) is 0 Å². The number of aromatic nitrogens is 2. The van der Waals surface area contributed by atoms with Crippen LogP contribution >= 0.6 is 11.6 Å². The van der Waals surface area contributed by atoms with Crippen LogP contribution in [0.1, 0.15) is 31.2 Å². The van der Waals surface area contributed by atoms with Crippen molar-refractivity contribution in [1.29, 1.82) is 0 Å². The predicted octanol–water partition coefficient (Wildman–Crippen LogP) is 3.13. The fourth-order valence-electron chi connectivity index (χ4n) is 4.40. The van der Waals surface area contributed by atoms with E-state index in [1.54, 1.807) is 18.6 Å². The number of carbonyl (C=O) groups is 1. The number of pyridine rings is 2. The summed E-state index contributed by atoms with van der Waals surface area (Å²) in [5.41, 5.74) is 1.04. The molecule has 2 fully saturated rings. The summed E-state index contributed by atoms with van der Waals surface area (Å²) in [5, 5.41) is 3.76. The van der Waals surface area contributed by atoms with Gasteiger partial charge in [-0.25, -0.2) is 4.98 Å². The summed E-state index contributed by atoms with van der Waals surface area (Å²) in [4.78, 5) is 26.1. The lowest BCUT2D eigenvalue weighted by atomic mass is 9.93. The van der Waals surface area contributed by atoms with E-state index in [0.29, 0.717) is 17.6 Å². The van der Waals surface area contributed by atoms with Crippen LogP contribution in [0.2, 0.25) is 5.02 Å². The van der Waals surface area contributed by atoms with Crippen LogP contribution in [0.3, 0.4) is 0 Å². The van der Waals surface area contributed by atoms with E-state index in [0.717, 1.165) is 63.2 Å². The second-order valence-electron chi connectivity index (χ2n) is 7.97. The molecule has 0 radical (unpaired) electrons. The maximum absolute atomic E-state index is 12.7. The van der Waals surface area contributed by atoms with Crippen LogP contribution in [0.5, 0.6) is 0 Å². The van der Waals surface area contributed by atoms with Crippen molar-refractivity contribution < 1.29 is 4.79 Å². The zero-order valence-electron chi connectivity index (χ0n) is 16.6. The molecule has 1 amide bonds. The average Bonchev–Trinajstić information content (AvgIpc) is 2.79. The number of likely N-dealkylation sites (tertiary alicyclic amines) is 1. The first kappa shape index (κ1) is 20.1. The Morgan fingerprint density at radius 1 is 1.14 bits per heavy atom. The first-order valence-electron chi connectivity index (χ1n) is 10.5. The lowest BCUT2D eigenvalue weighted by Gasteiger charge is -2.42. The predicted molar refractivity (Wildman–Crippen MR) is 115 cm³/mol. The third-order valence-electron chi connectivity index (χ3n) is 6.03. The molecule has 0 aliphatic carbocycles. The van der Waals surface area contributed by atoms with Gasteiger partial charge in [0.15, 0.2) is 0 Å². The van der Waals surface area contributed by atoms with Crippen LogP contribution in [0.15, 0.2) is 42.9 Å². The molecular weight excluding hydrogens is 386 g/mol. The van der Waals surface area contributed by atoms with Gasteiger partial charge in [0, 0.05) is 50.8 Å². The molecule has 4 heterocycles. The highest BCUT2D eigenvalue weighted by Crippen LogP contribution is 2.26. The van der Waals surface area contributed by atoms with E-state index in [-0.39, 0.29) is 11.8 Å². The van der Waals surface area contributed by atoms with Gasteiger partial charge in [0.1, 0.15) is 5.82 Å². The van der Waals surface area contributed by atoms with Gasteiger partial charge in [-0.2, -0.15) is 0 Å². The number of piperidine rings is 2. The van der Waals surface area contributed by atoms with Crippen molar-refractivity contribution in [3.8, 4) is 0 Å². The number of nitrogens with zero attached hydrogens (tertiary/aromatic N) is 4. The molecule has 1 unspecified atom stereocenters. The van der Waals surface area contributed by atoms with Crippen LogP contribution in [0.4, 0.5) is 5.82 Å². The first-order valence-corrected chi connectivity index (χ1v) is 10.8. The molecule has 1 atom stereocenters. The molecule has 2 aromatic heterocycles. The minimum absolute atomic E-state index is 0.0800. The van der Waals surface area contributed by atoms with Gasteiger partial charge < -0.3 is 10.2 Å². The third-order valence-corrected chi connectivity index (χ3v) is 6.25. The second-order valence-corrected chi connectivity index (χ2v) is 8.40. The first-order chi connectivity index (χ1) is 14.2. The highest BCUT2D eigenvalue weighted by molar-refractivity contribution is 6.30. The SMILES string of the molecule is O=C(NCc1cccnc1)C1CCCN(C2CCN(c3ccc(Cl)cn3)CC2)C1. The summed E-state index contributed by atoms with van der Waals surface area (Å²) in [6.07, 6.45) is 9.53. The fourth-order valence-corrected chi connectivity index (χ4v) is 4.52. The van der Waals surface area contributed by atoms with E-state index in [1.165, 1.54) is 0 Å². The molecular formula is C22H28ClN5O. The quantitative estimate of drug-likeness (QED) is 0.815. The highest BCUT2D eigenvalue weighted by atomic mass is 35.5. The Balaban J connectivity index is 1.26. The zero-order valence-corrected chi connectivity index (χ0v) is 17.4. The lowest BCUT2D eigenvalue weighted by molar-refractivity contribution is -0.127. The topological polar surface area (TPSA) is 61.4 Å². The summed E-state index contributed by atoms with van der Waals surface area (Å²) in [7, 11) is 0. The number of rotatable bonds is 5. The van der Waals surface area contributed by atoms with E-state index in [4.69, 9.17) is 11.6 Å². The Morgan fingerprint density at radius 2 is 2.00 bits per heavy atom. The minimum atomic E-state index is 0.0800. The number of carbonyl (C=O) groups excluding carboxylic acids is 1. The summed E-state index contributed by atoms with van der Waals surface area (Å²) in [6, 6.07) is 8.33. The largest absolute Gasteiger partial charge is 0.357 e. The molecule has 0 bridgehead atoms. The molecule has 4 rings (SSSR count). The Kier molecular flexibility index (Phi) is 6.62. The van der Waals surface area contributed by atoms with Crippen molar-refractivity contribution in [2.75, 3.05) is 31.1 Å². The molecule has 0 aromatic carbocycles. The van der Waals surface area contributed by atoms with Gasteiger partial charge in [-0.1, -0.05) is 17.7 Å². The molecule has 6 nitrogen and oxygen atoms in total. The smallest absolute Gasteiger partial charge is 0.224 e. The molecule has 2 aromatic rings. The normalized spacial score (nSPS) is 21.1. The monoisotopic (exact) mass is 413 g/mol. The van der Waals surface area contributed by atoms with Crippen molar-refractivity contribution in [1.82, 2.24) is 20.2 Å². The van der Waals surface area contributed by atoms with Gasteiger partial charge in [-0.05, 0) is 56.0 Å². The molecule has 7 heteroatoms. The summed E-state index contributed by atoms with van der Waals surface area (Å²) in [5.74, 6) is 1.25. The Labute approximate surface area is 177 Å². The number of amides is 1. The summed E-state index contributed by atoms with van der Waals surface area (Å²) in [6.45, 7) is 4.50. The fraction of sp³-hybridized carbons (Fsp3) is 0.500.